The molecular formula is C25H28N6O3. The number of ether oxygens (including phenoxy) is 1. The van der Waals surface area contributed by atoms with E-state index in [2.05, 4.69) is 30.1 Å². The molecule has 2 N–H and O–H groups in total. The Morgan fingerprint density at radius 3 is 2.85 bits per heavy atom. The van der Waals surface area contributed by atoms with Gasteiger partial charge in [0.05, 0.1) is 29.6 Å². The Balaban J connectivity index is 1.19. The second-order valence-corrected chi connectivity index (χ2v) is 9.31. The number of carbonyl (C=O) groups excluding carboxylic acids is 1. The molecule has 1 aliphatic carbocycles. The van der Waals surface area contributed by atoms with Crippen molar-refractivity contribution in [2.75, 3.05) is 31.6 Å². The minimum absolute atomic E-state index is 0.0649. The lowest BCUT2D eigenvalue weighted by molar-refractivity contribution is 0.0658. The van der Waals surface area contributed by atoms with Crippen LogP contribution in [0.1, 0.15) is 40.9 Å². The summed E-state index contributed by atoms with van der Waals surface area (Å²) in [5.74, 6) is 0.482. The first kappa shape index (κ1) is 21.1. The van der Waals surface area contributed by atoms with Crippen molar-refractivity contribution in [1.29, 1.82) is 0 Å². The normalized spacial score (nSPS) is 21.9. The number of fused-ring (bicyclic) bond motifs is 4. The molecule has 2 atom stereocenters. The van der Waals surface area contributed by atoms with E-state index < -0.39 is 0 Å². The summed E-state index contributed by atoms with van der Waals surface area (Å²) in [6, 6.07) is 6.74. The topological polar surface area (TPSA) is 103 Å². The molecule has 176 valence electrons. The smallest absolute Gasteiger partial charge is 0.269 e. The van der Waals surface area contributed by atoms with E-state index in [1.165, 1.54) is 0 Å². The summed E-state index contributed by atoms with van der Waals surface area (Å²) in [5, 5.41) is 2.61. The zero-order chi connectivity index (χ0) is 23.2. The van der Waals surface area contributed by atoms with Crippen LogP contribution in [0.5, 0.6) is 5.75 Å². The third-order valence-electron chi connectivity index (χ3n) is 7.40. The Bertz CT molecular complexity index is 1300. The van der Waals surface area contributed by atoms with Crippen molar-refractivity contribution in [2.45, 2.75) is 44.3 Å². The molecule has 6 rings (SSSR count). The number of nitrogens with zero attached hydrogens (tertiary/aromatic N) is 4. The number of amides is 1. The minimum atomic E-state index is -0.171. The molecular weight excluding hydrogens is 432 g/mol. The van der Waals surface area contributed by atoms with Crippen molar-refractivity contribution in [3.05, 3.63) is 57.8 Å². The van der Waals surface area contributed by atoms with Crippen molar-refractivity contribution < 1.29 is 9.53 Å². The van der Waals surface area contributed by atoms with Crippen LogP contribution in [-0.4, -0.2) is 64.6 Å². The van der Waals surface area contributed by atoms with Crippen LogP contribution in [0.25, 0.3) is 11.0 Å². The van der Waals surface area contributed by atoms with Gasteiger partial charge in [0.25, 0.3) is 11.5 Å². The lowest BCUT2D eigenvalue weighted by Gasteiger charge is -2.54. The monoisotopic (exact) mass is 460 g/mol. The van der Waals surface area contributed by atoms with E-state index in [1.54, 1.807) is 13.1 Å². The maximum absolute atomic E-state index is 12.5. The van der Waals surface area contributed by atoms with E-state index in [0.717, 1.165) is 67.6 Å². The summed E-state index contributed by atoms with van der Waals surface area (Å²) >= 11 is 0. The zero-order valence-electron chi connectivity index (χ0n) is 19.2. The molecule has 1 saturated heterocycles. The predicted molar refractivity (Wildman–Crippen MR) is 128 cm³/mol. The summed E-state index contributed by atoms with van der Waals surface area (Å²) in [4.78, 5) is 41.3. The molecule has 1 amide bonds. The van der Waals surface area contributed by atoms with Gasteiger partial charge in [0.2, 0.25) is 0 Å². The first-order valence-corrected chi connectivity index (χ1v) is 12.0. The Morgan fingerprint density at radius 1 is 1.21 bits per heavy atom. The van der Waals surface area contributed by atoms with Crippen molar-refractivity contribution in [3.8, 4) is 5.75 Å². The number of nitrogens with one attached hydrogen (secondary N) is 2. The van der Waals surface area contributed by atoms with Gasteiger partial charge in [-0.25, -0.2) is 4.98 Å². The van der Waals surface area contributed by atoms with Gasteiger partial charge in [-0.05, 0) is 49.4 Å². The van der Waals surface area contributed by atoms with Gasteiger partial charge >= 0.3 is 0 Å². The fourth-order valence-corrected chi connectivity index (χ4v) is 5.51. The van der Waals surface area contributed by atoms with Crippen molar-refractivity contribution >= 4 is 22.6 Å². The number of H-pyrrole nitrogens is 1. The number of carbonyl (C=O) groups is 1. The highest BCUT2D eigenvalue weighted by atomic mass is 16.5. The van der Waals surface area contributed by atoms with Gasteiger partial charge in [-0.2, -0.15) is 0 Å². The maximum atomic E-state index is 12.5. The average molecular weight is 461 g/mol. The highest BCUT2D eigenvalue weighted by Crippen LogP contribution is 2.37. The first-order valence-electron chi connectivity index (χ1n) is 12.0. The molecule has 3 aliphatic rings. The number of hydrogen-bond donors (Lipinski definition) is 2. The van der Waals surface area contributed by atoms with E-state index in [9.17, 15) is 9.59 Å². The molecule has 9 heteroatoms. The Morgan fingerprint density at radius 2 is 2.09 bits per heavy atom. The third kappa shape index (κ3) is 3.51. The van der Waals surface area contributed by atoms with E-state index in [-0.39, 0.29) is 11.5 Å². The molecule has 0 spiro atoms. The van der Waals surface area contributed by atoms with Gasteiger partial charge in [0, 0.05) is 45.0 Å². The summed E-state index contributed by atoms with van der Waals surface area (Å²) in [5.41, 5.74) is 4.73. The SMILES string of the molecule is CNC(=O)c1ccc(N2CCN(Cc3cnc4c5c(c(=O)[nH]c4c3)CCCO5)[C@@H]3CC[C@@H]32)cn1. The molecule has 0 aromatic carbocycles. The van der Waals surface area contributed by atoms with Gasteiger partial charge in [-0.1, -0.05) is 0 Å². The highest BCUT2D eigenvalue weighted by Gasteiger charge is 2.43. The Kier molecular flexibility index (Phi) is 5.21. The number of rotatable bonds is 4. The van der Waals surface area contributed by atoms with Crippen LogP contribution in [0.3, 0.4) is 0 Å². The Labute approximate surface area is 197 Å². The van der Waals surface area contributed by atoms with E-state index >= 15 is 0 Å². The van der Waals surface area contributed by atoms with Crippen LogP contribution in [0.4, 0.5) is 5.69 Å². The molecule has 3 aromatic heterocycles. The van der Waals surface area contributed by atoms with Crippen LogP contribution in [0, 0.1) is 0 Å². The first-order chi connectivity index (χ1) is 16.6. The van der Waals surface area contributed by atoms with Crippen LogP contribution in [0.15, 0.2) is 35.4 Å². The quantitative estimate of drug-likeness (QED) is 0.613. The second-order valence-electron chi connectivity index (χ2n) is 9.31. The molecule has 5 heterocycles. The molecule has 1 saturated carbocycles. The number of anilines is 1. The van der Waals surface area contributed by atoms with E-state index in [1.807, 2.05) is 24.5 Å². The van der Waals surface area contributed by atoms with Gasteiger partial charge < -0.3 is 19.9 Å². The standard InChI is InChI=1S/C25H28N6O3/c1-26-25(33)18-5-4-16(13-27-18)31-9-8-30(20-6-7-21(20)31)14-15-11-19-22(28-12-15)23-17(24(32)29-19)3-2-10-34-23/h4-5,11-13,20-21H,2-3,6-10,14H2,1H3,(H,26,33)(H,29,32)/t20-,21+/m1/s1. The summed E-state index contributed by atoms with van der Waals surface area (Å²) in [7, 11) is 1.61. The van der Waals surface area contributed by atoms with E-state index in [4.69, 9.17) is 4.74 Å². The zero-order valence-corrected chi connectivity index (χ0v) is 19.2. The number of hydrogen-bond acceptors (Lipinski definition) is 7. The fraction of sp³-hybridized carbons (Fsp3) is 0.440. The van der Waals surface area contributed by atoms with Gasteiger partial charge in [-0.3, -0.25) is 19.5 Å². The van der Waals surface area contributed by atoms with Gasteiger partial charge in [-0.15, -0.1) is 0 Å². The molecule has 9 nitrogen and oxygen atoms in total. The summed E-state index contributed by atoms with van der Waals surface area (Å²) in [6.07, 6.45) is 7.63. The molecule has 2 fully saturated rings. The second kappa shape index (κ2) is 8.39. The van der Waals surface area contributed by atoms with Crippen LogP contribution in [-0.2, 0) is 13.0 Å². The fourth-order valence-electron chi connectivity index (χ4n) is 5.51. The maximum Gasteiger partial charge on any atom is 0.269 e. The van der Waals surface area contributed by atoms with Gasteiger partial charge in [0.1, 0.15) is 11.2 Å². The highest BCUT2D eigenvalue weighted by molar-refractivity contribution is 5.92. The molecule has 0 radical (unpaired) electrons. The number of aromatic amines is 1. The predicted octanol–water partition coefficient (Wildman–Crippen LogP) is 1.86. The lowest BCUT2D eigenvalue weighted by atomic mass is 9.81. The van der Waals surface area contributed by atoms with Crippen LogP contribution >= 0.6 is 0 Å². The third-order valence-corrected chi connectivity index (χ3v) is 7.40. The van der Waals surface area contributed by atoms with Gasteiger partial charge in [0.15, 0.2) is 5.75 Å². The molecule has 0 bridgehead atoms. The summed E-state index contributed by atoms with van der Waals surface area (Å²) in [6.45, 7) is 3.26. The Hall–Kier alpha value is -3.46. The molecule has 3 aromatic rings. The van der Waals surface area contributed by atoms with Crippen molar-refractivity contribution in [2.24, 2.45) is 0 Å². The molecule has 34 heavy (non-hydrogen) atoms. The molecule has 2 aliphatic heterocycles. The number of piperazine rings is 1. The van der Waals surface area contributed by atoms with Crippen molar-refractivity contribution in [3.63, 3.8) is 0 Å². The largest absolute Gasteiger partial charge is 0.491 e. The molecule has 0 unspecified atom stereocenters. The summed E-state index contributed by atoms with van der Waals surface area (Å²) < 4.78 is 5.80. The minimum Gasteiger partial charge on any atom is -0.491 e. The van der Waals surface area contributed by atoms with Crippen LogP contribution < -0.4 is 20.5 Å². The number of aromatic nitrogens is 3. The van der Waals surface area contributed by atoms with Crippen molar-refractivity contribution in [1.82, 2.24) is 25.2 Å². The van der Waals surface area contributed by atoms with Crippen LogP contribution in [0.2, 0.25) is 0 Å². The average Bonchev–Trinajstić information content (AvgIpc) is 2.84. The lowest BCUT2D eigenvalue weighted by Crippen LogP contribution is -2.64. The number of pyridine rings is 3. The van der Waals surface area contributed by atoms with E-state index in [0.29, 0.717) is 35.7 Å².